The minimum Gasteiger partial charge on any atom is -0.478 e. The maximum atomic E-state index is 10.7. The highest BCUT2D eigenvalue weighted by Crippen LogP contribution is 2.27. The minimum atomic E-state index is -1.04. The Hall–Kier alpha value is -0.260. The monoisotopic (exact) mass is 218 g/mol. The summed E-state index contributed by atoms with van der Waals surface area (Å²) in [5, 5.41) is 8.74. The van der Waals surface area contributed by atoms with Crippen molar-refractivity contribution in [2.24, 2.45) is 0 Å². The van der Waals surface area contributed by atoms with Crippen LogP contribution >= 0.6 is 37.9 Å². The Bertz CT molecular complexity index is 336. The van der Waals surface area contributed by atoms with Gasteiger partial charge in [0.15, 0.2) is 0 Å². The van der Waals surface area contributed by atoms with E-state index in [1.165, 1.54) is 0 Å². The third-order valence-corrected chi connectivity index (χ3v) is 2.73. The van der Waals surface area contributed by atoms with Crippen molar-refractivity contribution >= 4 is 43.9 Å². The third kappa shape index (κ3) is 1.73. The summed E-state index contributed by atoms with van der Waals surface area (Å²) in [5.41, 5.74) is 0.0918. The van der Waals surface area contributed by atoms with Crippen LogP contribution in [0.1, 0.15) is 10.4 Å². The van der Waals surface area contributed by atoms with Gasteiger partial charge in [-0.2, -0.15) is 0 Å². The van der Waals surface area contributed by atoms with Crippen molar-refractivity contribution in [3.8, 4) is 0 Å². The van der Waals surface area contributed by atoms with Gasteiger partial charge in [0.05, 0.1) is 5.56 Å². The van der Waals surface area contributed by atoms with Crippen LogP contribution in [0.5, 0.6) is 0 Å². The van der Waals surface area contributed by atoms with Crippen molar-refractivity contribution < 1.29 is 9.90 Å². The van der Waals surface area contributed by atoms with E-state index in [1.54, 1.807) is 12.1 Å². The first-order chi connectivity index (χ1) is 5.54. The number of hydrogen-bond donors (Lipinski definition) is 4. The fourth-order valence-electron chi connectivity index (χ4n) is 0.780. The van der Waals surface area contributed by atoms with Crippen molar-refractivity contribution in [2.75, 3.05) is 0 Å². The van der Waals surface area contributed by atoms with Gasteiger partial charge in [-0.25, -0.2) is 4.79 Å². The number of carboxylic acids is 1. The van der Waals surface area contributed by atoms with Gasteiger partial charge in [0, 0.05) is 14.7 Å². The van der Waals surface area contributed by atoms with Gasteiger partial charge < -0.3 is 5.11 Å². The summed E-state index contributed by atoms with van der Waals surface area (Å²) >= 11 is 12.0. The quantitative estimate of drug-likeness (QED) is 0.546. The molecule has 0 saturated heterocycles. The molecule has 0 fully saturated rings. The Labute approximate surface area is 86.2 Å². The summed E-state index contributed by atoms with van der Waals surface area (Å²) in [7, 11) is 0. The van der Waals surface area contributed by atoms with E-state index in [0.29, 0.717) is 14.7 Å². The van der Waals surface area contributed by atoms with Crippen LogP contribution in [0.3, 0.4) is 0 Å². The molecule has 1 N–H and O–H groups in total. The molecule has 0 atom stereocenters. The number of thiol groups is 3. The lowest BCUT2D eigenvalue weighted by molar-refractivity contribution is 0.0688. The predicted octanol–water partition coefficient (Wildman–Crippen LogP) is 2.25. The largest absolute Gasteiger partial charge is 0.478 e. The van der Waals surface area contributed by atoms with E-state index in [4.69, 9.17) is 5.11 Å². The van der Waals surface area contributed by atoms with Crippen molar-refractivity contribution in [3.63, 3.8) is 0 Å². The third-order valence-electron chi connectivity index (χ3n) is 1.35. The van der Waals surface area contributed by atoms with Crippen LogP contribution in [0.4, 0.5) is 0 Å². The Balaban J connectivity index is 3.43. The molecule has 1 aromatic carbocycles. The lowest BCUT2D eigenvalue weighted by Crippen LogP contribution is -2.00. The molecule has 12 heavy (non-hydrogen) atoms. The highest BCUT2D eigenvalue weighted by molar-refractivity contribution is 7.83. The van der Waals surface area contributed by atoms with Crippen molar-refractivity contribution in [3.05, 3.63) is 17.7 Å². The van der Waals surface area contributed by atoms with Gasteiger partial charge in [-0.05, 0) is 12.1 Å². The first-order valence-electron chi connectivity index (χ1n) is 3.01. The number of aromatic carboxylic acids is 1. The normalized spacial score (nSPS) is 9.92. The van der Waals surface area contributed by atoms with Gasteiger partial charge in [0.1, 0.15) is 0 Å². The predicted molar refractivity (Wildman–Crippen MR) is 55.2 cm³/mol. The molecule has 0 bridgehead atoms. The van der Waals surface area contributed by atoms with E-state index in [2.05, 4.69) is 37.9 Å². The topological polar surface area (TPSA) is 37.3 Å². The van der Waals surface area contributed by atoms with Crippen molar-refractivity contribution in [2.45, 2.75) is 14.7 Å². The fourth-order valence-corrected chi connectivity index (χ4v) is 1.63. The van der Waals surface area contributed by atoms with Gasteiger partial charge in [-0.1, -0.05) is 0 Å². The Kier molecular flexibility index (Phi) is 2.98. The summed E-state index contributed by atoms with van der Waals surface area (Å²) < 4.78 is 0. The van der Waals surface area contributed by atoms with E-state index in [1.807, 2.05) is 0 Å². The van der Waals surface area contributed by atoms with Gasteiger partial charge in [0.25, 0.3) is 0 Å². The van der Waals surface area contributed by atoms with Gasteiger partial charge in [0.2, 0.25) is 0 Å². The average molecular weight is 218 g/mol. The summed E-state index contributed by atoms with van der Waals surface area (Å²) in [6, 6.07) is 3.23. The second-order valence-corrected chi connectivity index (χ2v) is 3.54. The second kappa shape index (κ2) is 3.64. The molecule has 0 spiro atoms. The van der Waals surface area contributed by atoms with Crippen LogP contribution in [0.2, 0.25) is 0 Å². The lowest BCUT2D eigenvalue weighted by Gasteiger charge is -2.04. The van der Waals surface area contributed by atoms with Crippen LogP contribution < -0.4 is 0 Å². The fraction of sp³-hybridized carbons (Fsp3) is 0. The summed E-state index contributed by atoms with van der Waals surface area (Å²) in [4.78, 5) is 11.9. The molecular weight excluding hydrogens is 212 g/mol. The first-order valence-corrected chi connectivity index (χ1v) is 4.35. The number of benzene rings is 1. The summed E-state index contributed by atoms with van der Waals surface area (Å²) in [6.07, 6.45) is 0. The Morgan fingerprint density at radius 3 is 2.08 bits per heavy atom. The number of carbonyl (C=O) groups is 1. The molecule has 0 amide bonds. The maximum Gasteiger partial charge on any atom is 0.338 e. The summed E-state index contributed by atoms with van der Waals surface area (Å²) in [5.74, 6) is -1.04. The zero-order valence-corrected chi connectivity index (χ0v) is 8.54. The molecule has 0 aliphatic heterocycles. The average Bonchev–Trinajstić information content (AvgIpc) is 1.97. The zero-order valence-electron chi connectivity index (χ0n) is 5.85. The molecule has 0 unspecified atom stereocenters. The smallest absolute Gasteiger partial charge is 0.338 e. The maximum absolute atomic E-state index is 10.7. The molecule has 5 heteroatoms. The van der Waals surface area contributed by atoms with Crippen molar-refractivity contribution in [1.29, 1.82) is 0 Å². The molecule has 1 rings (SSSR count). The van der Waals surface area contributed by atoms with Gasteiger partial charge in [-0.15, -0.1) is 37.9 Å². The number of rotatable bonds is 1. The van der Waals surface area contributed by atoms with E-state index < -0.39 is 5.97 Å². The SMILES string of the molecule is O=C(O)c1c(S)ccc(S)c1S. The lowest BCUT2D eigenvalue weighted by atomic mass is 10.2. The Morgan fingerprint density at radius 1 is 1.17 bits per heavy atom. The van der Waals surface area contributed by atoms with Crippen LogP contribution in [-0.4, -0.2) is 11.1 Å². The van der Waals surface area contributed by atoms with Crippen LogP contribution in [0.15, 0.2) is 26.8 Å². The molecule has 2 nitrogen and oxygen atoms in total. The van der Waals surface area contributed by atoms with Crippen LogP contribution in [-0.2, 0) is 0 Å². The first kappa shape index (κ1) is 9.83. The van der Waals surface area contributed by atoms with Crippen molar-refractivity contribution in [1.82, 2.24) is 0 Å². The van der Waals surface area contributed by atoms with Crippen LogP contribution in [0, 0.1) is 0 Å². The molecule has 0 aliphatic carbocycles. The summed E-state index contributed by atoms with van der Waals surface area (Å²) in [6.45, 7) is 0. The molecular formula is C7H6O2S3. The molecule has 0 heterocycles. The molecule has 0 aromatic heterocycles. The molecule has 0 radical (unpaired) electrons. The number of hydrogen-bond acceptors (Lipinski definition) is 4. The van der Waals surface area contributed by atoms with E-state index in [9.17, 15) is 4.79 Å². The van der Waals surface area contributed by atoms with Gasteiger partial charge in [-0.3, -0.25) is 0 Å². The second-order valence-electron chi connectivity index (χ2n) is 2.13. The van der Waals surface area contributed by atoms with E-state index >= 15 is 0 Å². The van der Waals surface area contributed by atoms with E-state index in [-0.39, 0.29) is 5.56 Å². The highest BCUT2D eigenvalue weighted by Gasteiger charge is 2.13. The van der Waals surface area contributed by atoms with Gasteiger partial charge >= 0.3 is 5.97 Å². The Morgan fingerprint density at radius 2 is 1.67 bits per heavy atom. The molecule has 1 aromatic rings. The minimum absolute atomic E-state index is 0.0918. The standard InChI is InChI=1S/C7H6O2S3/c8-7(9)5-3(10)1-2-4(11)6(5)12/h1-2,10-12H,(H,8,9). The molecule has 0 saturated carbocycles. The molecule has 0 aliphatic rings. The number of carboxylic acid groups (broad SMARTS) is 1. The molecule has 64 valence electrons. The van der Waals surface area contributed by atoms with Crippen LogP contribution in [0.25, 0.3) is 0 Å². The van der Waals surface area contributed by atoms with E-state index in [0.717, 1.165) is 0 Å². The highest BCUT2D eigenvalue weighted by atomic mass is 32.1. The zero-order chi connectivity index (χ0) is 9.30.